The predicted octanol–water partition coefficient (Wildman–Crippen LogP) is 4.51. The molecule has 24 heavy (non-hydrogen) atoms. The van der Waals surface area contributed by atoms with E-state index in [1.807, 2.05) is 0 Å². The number of hydrogen-bond acceptors (Lipinski definition) is 2. The largest absolute Gasteiger partial charge is 0.300 e. The third kappa shape index (κ3) is 2.82. The predicted molar refractivity (Wildman–Crippen MR) is 99.8 cm³/mol. The lowest BCUT2D eigenvalue weighted by atomic mass is 9.93. The number of aromatic amines is 1. The van der Waals surface area contributed by atoms with E-state index >= 15 is 0 Å². The Hall–Kier alpha value is -2.20. The molecule has 0 saturated carbocycles. The highest BCUT2D eigenvalue weighted by atomic mass is 32.1. The summed E-state index contributed by atoms with van der Waals surface area (Å²) in [5, 5.41) is 7.47. The molecule has 4 heteroatoms. The van der Waals surface area contributed by atoms with Crippen molar-refractivity contribution in [2.24, 2.45) is 0 Å². The third-order valence-corrected chi connectivity index (χ3v) is 5.21. The second-order valence-corrected chi connectivity index (χ2v) is 6.79. The van der Waals surface area contributed by atoms with Gasteiger partial charge in [-0.1, -0.05) is 36.4 Å². The Kier molecular flexibility index (Phi) is 4.07. The monoisotopic (exact) mass is 335 g/mol. The maximum absolute atomic E-state index is 5.38. The highest BCUT2D eigenvalue weighted by Crippen LogP contribution is 2.27. The fourth-order valence-electron chi connectivity index (χ4n) is 3.46. The van der Waals surface area contributed by atoms with Crippen LogP contribution in [0.25, 0.3) is 11.4 Å². The fourth-order valence-corrected chi connectivity index (χ4v) is 3.72. The highest BCUT2D eigenvalue weighted by molar-refractivity contribution is 7.71. The summed E-state index contributed by atoms with van der Waals surface area (Å²) in [5.41, 5.74) is 6.71. The first-order valence-electron chi connectivity index (χ1n) is 8.60. The third-order valence-electron chi connectivity index (χ3n) is 4.90. The van der Waals surface area contributed by atoms with Crippen LogP contribution in [-0.4, -0.2) is 14.8 Å². The zero-order valence-electron chi connectivity index (χ0n) is 13.9. The van der Waals surface area contributed by atoms with Gasteiger partial charge in [0.05, 0.1) is 0 Å². The van der Waals surface area contributed by atoms with Gasteiger partial charge in [0.15, 0.2) is 10.6 Å². The van der Waals surface area contributed by atoms with Gasteiger partial charge < -0.3 is 4.57 Å². The molecule has 1 heterocycles. The molecule has 0 spiro atoms. The molecule has 0 amide bonds. The summed E-state index contributed by atoms with van der Waals surface area (Å²) in [5.74, 6) is 0.963. The summed E-state index contributed by atoms with van der Waals surface area (Å²) in [6.45, 7) is 2.94. The molecule has 1 N–H and O–H groups in total. The molecule has 0 aliphatic heterocycles. The van der Waals surface area contributed by atoms with E-state index < -0.39 is 0 Å². The molecule has 122 valence electrons. The lowest BCUT2D eigenvalue weighted by Crippen LogP contribution is -2.04. The van der Waals surface area contributed by atoms with Gasteiger partial charge in [-0.25, -0.2) is 0 Å². The minimum absolute atomic E-state index is 0.694. The molecule has 0 unspecified atom stereocenters. The van der Waals surface area contributed by atoms with Gasteiger partial charge in [0, 0.05) is 12.1 Å². The van der Waals surface area contributed by atoms with Crippen LogP contribution >= 0.6 is 12.2 Å². The van der Waals surface area contributed by atoms with E-state index in [2.05, 4.69) is 64.2 Å². The molecular formula is C20H21N3S. The molecule has 4 bridgehead atoms. The summed E-state index contributed by atoms with van der Waals surface area (Å²) in [6.07, 6.45) is 4.17. The number of rotatable bonds is 2. The van der Waals surface area contributed by atoms with Crippen LogP contribution in [0.2, 0.25) is 0 Å². The number of aromatic nitrogens is 3. The van der Waals surface area contributed by atoms with Crippen molar-refractivity contribution in [1.82, 2.24) is 14.8 Å². The van der Waals surface area contributed by atoms with Gasteiger partial charge in [0.1, 0.15) is 0 Å². The Morgan fingerprint density at radius 1 is 0.958 bits per heavy atom. The molecule has 2 aromatic carbocycles. The molecule has 3 nitrogen and oxygen atoms in total. The molecule has 1 aromatic heterocycles. The minimum atomic E-state index is 0.694. The van der Waals surface area contributed by atoms with Crippen LogP contribution in [0.5, 0.6) is 0 Å². The first-order valence-corrected chi connectivity index (χ1v) is 9.00. The Balaban J connectivity index is 1.83. The van der Waals surface area contributed by atoms with E-state index in [1.165, 1.54) is 27.8 Å². The molecule has 0 saturated heterocycles. The smallest absolute Gasteiger partial charge is 0.195 e. The second kappa shape index (κ2) is 6.36. The average molecular weight is 335 g/mol. The van der Waals surface area contributed by atoms with Crippen molar-refractivity contribution in [3.05, 3.63) is 69.5 Å². The Bertz CT molecular complexity index is 919. The van der Waals surface area contributed by atoms with Gasteiger partial charge in [0.2, 0.25) is 0 Å². The van der Waals surface area contributed by atoms with E-state index in [1.54, 1.807) is 0 Å². The quantitative estimate of drug-likeness (QED) is 0.699. The van der Waals surface area contributed by atoms with E-state index in [4.69, 9.17) is 12.2 Å². The van der Waals surface area contributed by atoms with Crippen LogP contribution in [0.1, 0.15) is 29.2 Å². The number of benzene rings is 2. The van der Waals surface area contributed by atoms with E-state index in [0.29, 0.717) is 4.77 Å². The average Bonchev–Trinajstić information content (AvgIpc) is 2.97. The van der Waals surface area contributed by atoms with Crippen molar-refractivity contribution in [3.63, 3.8) is 0 Å². The van der Waals surface area contributed by atoms with Crippen LogP contribution in [0, 0.1) is 4.77 Å². The van der Waals surface area contributed by atoms with Crippen molar-refractivity contribution in [2.45, 2.75) is 39.2 Å². The van der Waals surface area contributed by atoms with Gasteiger partial charge >= 0.3 is 0 Å². The van der Waals surface area contributed by atoms with Crippen molar-refractivity contribution in [1.29, 1.82) is 0 Å². The van der Waals surface area contributed by atoms with Gasteiger partial charge in [-0.3, -0.25) is 5.10 Å². The van der Waals surface area contributed by atoms with Crippen molar-refractivity contribution < 1.29 is 0 Å². The van der Waals surface area contributed by atoms with Gasteiger partial charge in [-0.2, -0.15) is 5.10 Å². The minimum Gasteiger partial charge on any atom is -0.300 e. The van der Waals surface area contributed by atoms with E-state index in [0.717, 1.165) is 38.1 Å². The first-order chi connectivity index (χ1) is 11.7. The molecule has 0 atom stereocenters. The SMILES string of the molecule is CCn1c(-c2cc3ccc2CCc2ccc(cc2)CC3)n[nH]c1=S. The lowest BCUT2D eigenvalue weighted by Gasteiger charge is -2.14. The lowest BCUT2D eigenvalue weighted by molar-refractivity contribution is 0.754. The van der Waals surface area contributed by atoms with Crippen molar-refractivity contribution in [2.75, 3.05) is 0 Å². The number of H-pyrrole nitrogens is 1. The van der Waals surface area contributed by atoms with Crippen LogP contribution in [0.4, 0.5) is 0 Å². The Morgan fingerprint density at radius 3 is 2.29 bits per heavy atom. The Labute approximate surface area is 147 Å². The molecule has 7 rings (SSSR count). The molecular weight excluding hydrogens is 314 g/mol. The normalized spacial score (nSPS) is 13.7. The fraction of sp³-hybridized carbons (Fsp3) is 0.300. The topological polar surface area (TPSA) is 33.6 Å². The zero-order valence-corrected chi connectivity index (χ0v) is 14.7. The van der Waals surface area contributed by atoms with Gasteiger partial charge in [-0.05, 0) is 73.1 Å². The van der Waals surface area contributed by atoms with Crippen LogP contribution in [0.3, 0.4) is 0 Å². The molecule has 3 aromatic rings. The molecule has 0 fully saturated rings. The van der Waals surface area contributed by atoms with Gasteiger partial charge in [0.25, 0.3) is 0 Å². The van der Waals surface area contributed by atoms with Crippen LogP contribution < -0.4 is 0 Å². The van der Waals surface area contributed by atoms with Gasteiger partial charge in [-0.15, -0.1) is 0 Å². The number of nitrogens with zero attached hydrogens (tertiary/aromatic N) is 2. The number of aryl methyl sites for hydroxylation is 4. The van der Waals surface area contributed by atoms with E-state index in [-0.39, 0.29) is 0 Å². The van der Waals surface area contributed by atoms with Crippen molar-refractivity contribution >= 4 is 12.2 Å². The second-order valence-electron chi connectivity index (χ2n) is 6.40. The Morgan fingerprint density at radius 2 is 1.58 bits per heavy atom. The summed E-state index contributed by atoms with van der Waals surface area (Å²) in [7, 11) is 0. The summed E-state index contributed by atoms with van der Waals surface area (Å²) in [6, 6.07) is 15.9. The highest BCUT2D eigenvalue weighted by Gasteiger charge is 2.14. The van der Waals surface area contributed by atoms with Crippen LogP contribution in [-0.2, 0) is 32.2 Å². The molecule has 0 radical (unpaired) electrons. The standard InChI is InChI=1S/C20H21N3S/c1-2-23-19(21-22-20(23)24)18-13-16-8-7-14-3-5-15(6-4-14)9-11-17(18)12-10-16/h3-6,10,12-13H,2,7-9,11H2,1H3,(H,22,24). The van der Waals surface area contributed by atoms with E-state index in [9.17, 15) is 0 Å². The maximum Gasteiger partial charge on any atom is 0.195 e. The zero-order chi connectivity index (χ0) is 16.5. The summed E-state index contributed by atoms with van der Waals surface area (Å²) >= 11 is 5.38. The number of hydrogen-bond donors (Lipinski definition) is 1. The number of nitrogens with one attached hydrogen (secondary N) is 1. The van der Waals surface area contributed by atoms with Crippen molar-refractivity contribution in [3.8, 4) is 11.4 Å². The van der Waals surface area contributed by atoms with Crippen LogP contribution in [0.15, 0.2) is 42.5 Å². The molecule has 4 aliphatic rings. The summed E-state index contributed by atoms with van der Waals surface area (Å²) < 4.78 is 2.78. The molecule has 4 aliphatic carbocycles. The first kappa shape index (κ1) is 15.3. The summed E-state index contributed by atoms with van der Waals surface area (Å²) in [4.78, 5) is 0. The maximum atomic E-state index is 5.38.